The topological polar surface area (TPSA) is 272 Å². The summed E-state index contributed by atoms with van der Waals surface area (Å²) in [6.07, 6.45) is 0. The van der Waals surface area contributed by atoms with Crippen LogP contribution in [0.5, 0.6) is 5.75 Å². The number of hydrogen-bond acceptors (Lipinski definition) is 14. The van der Waals surface area contributed by atoms with Crippen molar-refractivity contribution in [3.05, 3.63) is 96.6 Å². The lowest BCUT2D eigenvalue weighted by Crippen LogP contribution is -2.04. The Morgan fingerprint density at radius 1 is 0.648 bits per heavy atom. The third kappa shape index (κ3) is 7.13. The van der Waals surface area contributed by atoms with Gasteiger partial charge in [-0.25, -0.2) is 4.98 Å². The lowest BCUT2D eigenvalue weighted by Gasteiger charge is -2.11. The highest BCUT2D eigenvalue weighted by Gasteiger charge is 2.25. The molecule has 0 atom stereocenters. The summed E-state index contributed by atoms with van der Waals surface area (Å²) in [5, 5.41) is 28.3. The predicted octanol–water partition coefficient (Wildman–Crippen LogP) is 8.44. The van der Waals surface area contributed by atoms with Gasteiger partial charge in [0.25, 0.3) is 30.4 Å². The van der Waals surface area contributed by atoms with Gasteiger partial charge in [0.15, 0.2) is 5.75 Å². The van der Waals surface area contributed by atoms with Crippen molar-refractivity contribution in [1.82, 2.24) is 4.98 Å². The Kier molecular flexibility index (Phi) is 9.01. The Morgan fingerprint density at radius 2 is 1.30 bits per heavy atom. The number of aromatic hydroxyl groups is 1. The summed E-state index contributed by atoms with van der Waals surface area (Å²) in [6, 6.07) is 22.1. The molecular weight excluding hydrogens is 781 g/mol. The minimum atomic E-state index is -5.15. The van der Waals surface area contributed by atoms with Crippen molar-refractivity contribution in [3.8, 4) is 16.3 Å². The van der Waals surface area contributed by atoms with Crippen LogP contribution in [0.2, 0.25) is 0 Å². The van der Waals surface area contributed by atoms with Gasteiger partial charge in [0, 0.05) is 21.7 Å². The summed E-state index contributed by atoms with van der Waals surface area (Å²) < 4.78 is 103. The third-order valence-electron chi connectivity index (χ3n) is 8.17. The maximum absolute atomic E-state index is 12.4. The smallest absolute Gasteiger partial charge is 0.296 e. The SMILES string of the molecule is Cc1ccc2nc(-c3ccc(N=Nc4ccc(N=Nc5c(S(=O)(=O)O)cc6cc(S(=O)(=O)O)c(N)cc6c5O)c5cc(S(=O)(=O)O)ccc45)cc3)sc2c1. The second kappa shape index (κ2) is 13.3. The van der Waals surface area contributed by atoms with Gasteiger partial charge in [0.2, 0.25) is 0 Å². The second-order valence-corrected chi connectivity index (χ2v) is 17.1. The molecule has 0 aliphatic rings. The number of nitrogens with two attached hydrogens (primary N) is 1. The van der Waals surface area contributed by atoms with Gasteiger partial charge in [-0.15, -0.1) is 26.7 Å². The predicted molar refractivity (Wildman–Crippen MR) is 202 cm³/mol. The van der Waals surface area contributed by atoms with Crippen molar-refractivity contribution in [2.75, 3.05) is 5.73 Å². The molecule has 0 aliphatic carbocycles. The number of aryl methyl sites for hydroxylation is 1. The van der Waals surface area contributed by atoms with E-state index in [1.54, 1.807) is 23.5 Å². The number of thiazole rings is 1. The number of azo groups is 2. The van der Waals surface area contributed by atoms with Crippen molar-refractivity contribution in [3.63, 3.8) is 0 Å². The van der Waals surface area contributed by atoms with Crippen LogP contribution in [0.4, 0.5) is 28.4 Å². The fourth-order valence-corrected chi connectivity index (χ4v) is 8.45. The van der Waals surface area contributed by atoms with Gasteiger partial charge < -0.3 is 10.8 Å². The van der Waals surface area contributed by atoms with E-state index in [-0.39, 0.29) is 32.9 Å². The van der Waals surface area contributed by atoms with E-state index in [2.05, 4.69) is 26.5 Å². The fraction of sp³-hybridized carbons (Fsp3) is 0.0294. The Bertz CT molecular complexity index is 3110. The maximum atomic E-state index is 12.4. The van der Waals surface area contributed by atoms with E-state index in [1.165, 1.54) is 18.2 Å². The zero-order valence-corrected chi connectivity index (χ0v) is 30.6. The van der Waals surface area contributed by atoms with Crippen molar-refractivity contribution in [2.24, 2.45) is 20.5 Å². The molecule has 54 heavy (non-hydrogen) atoms. The number of anilines is 1. The van der Waals surface area contributed by atoms with Crippen LogP contribution >= 0.6 is 11.3 Å². The number of nitrogens with zero attached hydrogens (tertiary/aromatic N) is 5. The normalized spacial score (nSPS) is 12.9. The number of rotatable bonds is 8. The van der Waals surface area contributed by atoms with Crippen LogP contribution in [0.15, 0.2) is 126 Å². The molecule has 6 aromatic carbocycles. The van der Waals surface area contributed by atoms with E-state index in [0.717, 1.165) is 56.7 Å². The third-order valence-corrected chi connectivity index (χ3v) is 11.9. The molecule has 0 saturated carbocycles. The van der Waals surface area contributed by atoms with E-state index in [9.17, 15) is 44.0 Å². The first-order valence-electron chi connectivity index (χ1n) is 15.3. The van der Waals surface area contributed by atoms with Crippen LogP contribution in [-0.4, -0.2) is 49.0 Å². The van der Waals surface area contributed by atoms with Crippen LogP contribution in [0, 0.1) is 6.92 Å². The molecule has 274 valence electrons. The molecule has 0 saturated heterocycles. The number of phenols is 1. The highest BCUT2D eigenvalue weighted by Crippen LogP contribution is 2.44. The molecule has 1 heterocycles. The summed E-state index contributed by atoms with van der Waals surface area (Å²) in [5.74, 6) is -0.880. The van der Waals surface area contributed by atoms with Crippen LogP contribution in [0.25, 0.3) is 42.3 Å². The van der Waals surface area contributed by atoms with E-state index in [0.29, 0.717) is 5.69 Å². The quantitative estimate of drug-likeness (QED) is 0.0550. The maximum Gasteiger partial charge on any atom is 0.296 e. The highest BCUT2D eigenvalue weighted by molar-refractivity contribution is 7.86. The molecule has 6 N–H and O–H groups in total. The van der Waals surface area contributed by atoms with Crippen LogP contribution in [-0.2, 0) is 30.4 Å². The molecule has 20 heteroatoms. The number of hydrogen-bond donors (Lipinski definition) is 5. The van der Waals surface area contributed by atoms with Crippen molar-refractivity contribution in [2.45, 2.75) is 21.6 Å². The summed E-state index contributed by atoms with van der Waals surface area (Å²) in [7, 11) is -14.7. The second-order valence-electron chi connectivity index (χ2n) is 11.9. The summed E-state index contributed by atoms with van der Waals surface area (Å²) >= 11 is 1.56. The van der Waals surface area contributed by atoms with Crippen LogP contribution in [0.3, 0.4) is 0 Å². The van der Waals surface area contributed by atoms with Crippen LogP contribution in [0.1, 0.15) is 5.56 Å². The monoisotopic (exact) mass is 804 g/mol. The Labute approximate surface area is 310 Å². The first-order chi connectivity index (χ1) is 25.4. The lowest BCUT2D eigenvalue weighted by atomic mass is 10.1. The van der Waals surface area contributed by atoms with Gasteiger partial charge in [0.1, 0.15) is 20.5 Å². The summed E-state index contributed by atoms with van der Waals surface area (Å²) in [4.78, 5) is 2.42. The van der Waals surface area contributed by atoms with E-state index in [1.807, 2.05) is 31.2 Å². The molecular formula is C34H24N6O10S4. The molecule has 0 aliphatic heterocycles. The largest absolute Gasteiger partial charge is 0.505 e. The van der Waals surface area contributed by atoms with E-state index >= 15 is 0 Å². The van der Waals surface area contributed by atoms with Crippen molar-refractivity contribution >= 4 is 102 Å². The molecule has 0 bridgehead atoms. The molecule has 0 radical (unpaired) electrons. The highest BCUT2D eigenvalue weighted by atomic mass is 32.2. The number of benzene rings is 6. The average Bonchev–Trinajstić information content (AvgIpc) is 3.52. The first kappa shape index (κ1) is 36.6. The molecule has 7 aromatic rings. The zero-order valence-electron chi connectivity index (χ0n) is 27.3. The van der Waals surface area contributed by atoms with Gasteiger partial charge >= 0.3 is 0 Å². The lowest BCUT2D eigenvalue weighted by molar-refractivity contribution is 0.472. The molecule has 0 unspecified atom stereocenters. The molecule has 16 nitrogen and oxygen atoms in total. The van der Waals surface area contributed by atoms with Gasteiger partial charge in [-0.05, 0) is 96.7 Å². The first-order valence-corrected chi connectivity index (χ1v) is 20.4. The van der Waals surface area contributed by atoms with E-state index < -0.39 is 62.2 Å². The molecule has 0 amide bonds. The number of fused-ring (bicyclic) bond motifs is 3. The van der Waals surface area contributed by atoms with Crippen molar-refractivity contribution < 1.29 is 44.0 Å². The number of phenolic OH excluding ortho intramolecular Hbond substituents is 1. The van der Waals surface area contributed by atoms with Crippen molar-refractivity contribution in [1.29, 1.82) is 0 Å². The number of nitrogen functional groups attached to an aromatic ring is 1. The fourth-order valence-electron chi connectivity index (χ4n) is 5.58. The number of aromatic nitrogens is 1. The average molecular weight is 805 g/mol. The molecule has 7 rings (SSSR count). The molecule has 0 spiro atoms. The van der Waals surface area contributed by atoms with Gasteiger partial charge in [-0.3, -0.25) is 13.7 Å². The zero-order chi connectivity index (χ0) is 38.7. The summed E-state index contributed by atoms with van der Waals surface area (Å²) in [6.45, 7) is 2.01. The molecule has 0 fully saturated rings. The Hall–Kier alpha value is -5.74. The minimum absolute atomic E-state index is 0.0578. The van der Waals surface area contributed by atoms with E-state index in [4.69, 9.17) is 10.7 Å². The minimum Gasteiger partial charge on any atom is -0.505 e. The van der Waals surface area contributed by atoms with Gasteiger partial charge in [0.05, 0.1) is 37.9 Å². The Morgan fingerprint density at radius 3 is 1.96 bits per heavy atom. The Balaban J connectivity index is 1.29. The van der Waals surface area contributed by atoms with Gasteiger partial charge in [-0.1, -0.05) is 12.1 Å². The van der Waals surface area contributed by atoms with Gasteiger partial charge in [-0.2, -0.15) is 30.4 Å². The summed E-state index contributed by atoms with van der Waals surface area (Å²) in [5.41, 5.74) is 8.03. The van der Waals surface area contributed by atoms with Crippen LogP contribution < -0.4 is 5.73 Å². The standard InChI is InChI=1S/C34H24N6O10S4/c1-17-2-9-28-29(12-17)51-34(36-28)18-3-5-20(6-4-18)37-38-26-10-11-27(24-15-21(52(42,43)44)7-8-22(24)26)39-40-32-31(54(48,49)50)14-19-13-30(53(45,46)47)25(35)16-23(19)33(32)41/h2-16,41H,35H2,1H3,(H,42,43,44)(H,45,46,47)(H,48,49,50). The molecule has 1 aromatic heterocycles.